The molecule has 0 unspecified atom stereocenters. The number of terminal acetylenes is 2. The van der Waals surface area contributed by atoms with Crippen LogP contribution in [-0.2, 0) is 0 Å². The molecule has 0 atom stereocenters. The summed E-state index contributed by atoms with van der Waals surface area (Å²) >= 11 is 0. The lowest BCUT2D eigenvalue weighted by atomic mass is 10.2. The van der Waals surface area contributed by atoms with Crippen molar-refractivity contribution in [3.05, 3.63) is 28.3 Å². The van der Waals surface area contributed by atoms with Gasteiger partial charge in [-0.25, -0.2) is 0 Å². The van der Waals surface area contributed by atoms with Gasteiger partial charge in [0.2, 0.25) is 5.75 Å². The summed E-state index contributed by atoms with van der Waals surface area (Å²) in [6, 6.07) is 4.30. The predicted octanol–water partition coefficient (Wildman–Crippen LogP) is 1.62. The number of hydrogen-bond donors (Lipinski definition) is 0. The predicted molar refractivity (Wildman–Crippen MR) is 61.8 cm³/mol. The van der Waals surface area contributed by atoms with E-state index in [9.17, 15) is 10.1 Å². The quantitative estimate of drug-likeness (QED) is 0.439. The van der Waals surface area contributed by atoms with Gasteiger partial charge in [0.05, 0.1) is 4.92 Å². The number of hydrogen-bond acceptors (Lipinski definition) is 4. The van der Waals surface area contributed by atoms with Crippen molar-refractivity contribution in [2.45, 2.75) is 0 Å². The van der Waals surface area contributed by atoms with Crippen molar-refractivity contribution in [2.75, 3.05) is 13.2 Å². The number of para-hydroxylation sites is 1. The van der Waals surface area contributed by atoms with Crippen LogP contribution in [0, 0.1) is 34.8 Å². The number of rotatable bonds is 5. The largest absolute Gasteiger partial charge is 0.477 e. The molecule has 0 fully saturated rings. The zero-order chi connectivity index (χ0) is 12.7. The fourth-order valence-corrected chi connectivity index (χ4v) is 1.14. The maximum atomic E-state index is 10.8. The van der Waals surface area contributed by atoms with E-state index >= 15 is 0 Å². The van der Waals surface area contributed by atoms with E-state index in [4.69, 9.17) is 22.3 Å². The average Bonchev–Trinajstić information content (AvgIpc) is 2.33. The van der Waals surface area contributed by atoms with Gasteiger partial charge in [-0.3, -0.25) is 10.1 Å². The smallest absolute Gasteiger partial charge is 0.314 e. The Hall–Kier alpha value is -2.66. The van der Waals surface area contributed by atoms with E-state index in [2.05, 4.69) is 11.8 Å². The van der Waals surface area contributed by atoms with E-state index in [1.807, 2.05) is 0 Å². The van der Waals surface area contributed by atoms with Crippen molar-refractivity contribution in [2.24, 2.45) is 0 Å². The summed E-state index contributed by atoms with van der Waals surface area (Å²) in [4.78, 5) is 10.2. The summed E-state index contributed by atoms with van der Waals surface area (Å²) in [5.74, 6) is 4.68. The molecule has 0 amide bonds. The Morgan fingerprint density at radius 3 is 2.47 bits per heavy atom. The van der Waals surface area contributed by atoms with Gasteiger partial charge in [0.25, 0.3) is 0 Å². The highest BCUT2D eigenvalue weighted by molar-refractivity contribution is 5.55. The van der Waals surface area contributed by atoms with Gasteiger partial charge in [0, 0.05) is 6.07 Å². The second-order valence-corrected chi connectivity index (χ2v) is 2.85. The van der Waals surface area contributed by atoms with Gasteiger partial charge >= 0.3 is 5.69 Å². The van der Waals surface area contributed by atoms with Gasteiger partial charge in [-0.05, 0) is 6.07 Å². The summed E-state index contributed by atoms with van der Waals surface area (Å²) in [6.07, 6.45) is 10.1. The molecule has 17 heavy (non-hydrogen) atoms. The maximum Gasteiger partial charge on any atom is 0.314 e. The van der Waals surface area contributed by atoms with Gasteiger partial charge in [-0.15, -0.1) is 12.8 Å². The minimum absolute atomic E-state index is 0.00637. The standard InChI is InChI=1S/C12H9NO4/c1-3-8-16-11-7-5-6-10(13(14)15)12(11)17-9-4-2/h1-2,5-7H,8-9H2. The highest BCUT2D eigenvalue weighted by atomic mass is 16.6. The van der Waals surface area contributed by atoms with Gasteiger partial charge in [-0.1, -0.05) is 17.9 Å². The van der Waals surface area contributed by atoms with Crippen LogP contribution in [0.5, 0.6) is 11.5 Å². The first-order chi connectivity index (χ1) is 8.20. The number of nitro benzene ring substituents is 1. The molecule has 0 radical (unpaired) electrons. The molecule has 0 aliphatic carbocycles. The van der Waals surface area contributed by atoms with Crippen molar-refractivity contribution in [1.29, 1.82) is 0 Å². The van der Waals surface area contributed by atoms with Crippen molar-refractivity contribution in [3.8, 4) is 36.2 Å². The summed E-state index contributed by atoms with van der Waals surface area (Å²) < 4.78 is 10.2. The molecule has 1 rings (SSSR count). The van der Waals surface area contributed by atoms with Crippen LogP contribution < -0.4 is 9.47 Å². The molecule has 1 aromatic rings. The van der Waals surface area contributed by atoms with Crippen molar-refractivity contribution < 1.29 is 14.4 Å². The molecule has 0 aliphatic rings. The number of nitro groups is 1. The lowest BCUT2D eigenvalue weighted by molar-refractivity contribution is -0.385. The highest BCUT2D eigenvalue weighted by Gasteiger charge is 2.19. The van der Waals surface area contributed by atoms with E-state index in [1.54, 1.807) is 0 Å². The van der Waals surface area contributed by atoms with Gasteiger partial charge in [0.1, 0.15) is 13.2 Å². The van der Waals surface area contributed by atoms with E-state index in [0.29, 0.717) is 0 Å². The Bertz CT molecular complexity index is 496. The molecule has 0 bridgehead atoms. The molecule has 0 spiro atoms. The summed E-state index contributed by atoms with van der Waals surface area (Å²) in [6.45, 7) is -0.0924. The van der Waals surface area contributed by atoms with E-state index in [1.165, 1.54) is 18.2 Å². The van der Waals surface area contributed by atoms with Gasteiger partial charge in [-0.2, -0.15) is 0 Å². The fraction of sp³-hybridized carbons (Fsp3) is 0.167. The molecule has 5 nitrogen and oxygen atoms in total. The molecule has 0 saturated carbocycles. The topological polar surface area (TPSA) is 61.6 Å². The van der Waals surface area contributed by atoms with Gasteiger partial charge in [0.15, 0.2) is 5.75 Å². The first-order valence-corrected chi connectivity index (χ1v) is 4.60. The lowest BCUT2D eigenvalue weighted by Crippen LogP contribution is -2.02. The van der Waals surface area contributed by atoms with Crippen LogP contribution in [0.3, 0.4) is 0 Å². The first kappa shape index (κ1) is 12.4. The first-order valence-electron chi connectivity index (χ1n) is 4.60. The number of nitrogens with zero attached hydrogens (tertiary/aromatic N) is 1. The summed E-state index contributed by atoms with van der Waals surface area (Å²) in [5.41, 5.74) is -0.213. The zero-order valence-electron chi connectivity index (χ0n) is 8.88. The molecule has 5 heteroatoms. The second kappa shape index (κ2) is 6.04. The monoisotopic (exact) mass is 231 g/mol. The minimum atomic E-state index is -0.575. The van der Waals surface area contributed by atoms with E-state index in [-0.39, 0.29) is 30.4 Å². The molecular weight excluding hydrogens is 222 g/mol. The van der Waals surface area contributed by atoms with Crippen LogP contribution in [0.2, 0.25) is 0 Å². The van der Waals surface area contributed by atoms with Crippen molar-refractivity contribution in [1.82, 2.24) is 0 Å². The van der Waals surface area contributed by atoms with Gasteiger partial charge < -0.3 is 9.47 Å². The number of ether oxygens (including phenoxy) is 2. The maximum absolute atomic E-state index is 10.8. The Balaban J connectivity index is 3.11. The third kappa shape index (κ3) is 3.15. The fourth-order valence-electron chi connectivity index (χ4n) is 1.14. The van der Waals surface area contributed by atoms with Crippen LogP contribution in [0.4, 0.5) is 5.69 Å². The zero-order valence-corrected chi connectivity index (χ0v) is 8.88. The van der Waals surface area contributed by atoms with Crippen LogP contribution >= 0.6 is 0 Å². The lowest BCUT2D eigenvalue weighted by Gasteiger charge is -2.09. The molecule has 0 aromatic heterocycles. The van der Waals surface area contributed by atoms with Crippen LogP contribution in [-0.4, -0.2) is 18.1 Å². The van der Waals surface area contributed by atoms with Crippen molar-refractivity contribution in [3.63, 3.8) is 0 Å². The van der Waals surface area contributed by atoms with E-state index in [0.717, 1.165) is 0 Å². The third-order valence-electron chi connectivity index (χ3n) is 1.77. The normalized spacial score (nSPS) is 8.82. The minimum Gasteiger partial charge on any atom is -0.477 e. The Morgan fingerprint density at radius 1 is 1.24 bits per heavy atom. The molecule has 0 aliphatic heterocycles. The number of benzene rings is 1. The Labute approximate surface area is 98.5 Å². The molecule has 86 valence electrons. The van der Waals surface area contributed by atoms with Crippen LogP contribution in [0.1, 0.15) is 0 Å². The third-order valence-corrected chi connectivity index (χ3v) is 1.77. The van der Waals surface area contributed by atoms with Crippen LogP contribution in [0.15, 0.2) is 18.2 Å². The average molecular weight is 231 g/mol. The molecule has 1 aromatic carbocycles. The SMILES string of the molecule is C#CCOc1cccc([N+](=O)[O-])c1OCC#C. The summed E-state index contributed by atoms with van der Waals surface area (Å²) in [7, 11) is 0. The molecule has 0 saturated heterocycles. The molecule has 0 N–H and O–H groups in total. The van der Waals surface area contributed by atoms with E-state index < -0.39 is 4.92 Å². The Morgan fingerprint density at radius 2 is 1.88 bits per heavy atom. The highest BCUT2D eigenvalue weighted by Crippen LogP contribution is 2.36. The molecule has 0 heterocycles. The Kier molecular flexibility index (Phi) is 4.41. The van der Waals surface area contributed by atoms with Crippen LogP contribution in [0.25, 0.3) is 0 Å². The molecular formula is C12H9NO4. The van der Waals surface area contributed by atoms with Crippen molar-refractivity contribution >= 4 is 5.69 Å². The second-order valence-electron chi connectivity index (χ2n) is 2.85. The summed E-state index contributed by atoms with van der Waals surface area (Å²) in [5, 5.41) is 10.8.